The molecular weight excluding hydrogens is 465 g/mol. The van der Waals surface area contributed by atoms with Crippen molar-refractivity contribution >= 4 is 60.8 Å². The zero-order chi connectivity index (χ0) is 16.6. The van der Waals surface area contributed by atoms with Gasteiger partial charge in [-0.25, -0.2) is 0 Å². The van der Waals surface area contributed by atoms with Crippen LogP contribution in [0.1, 0.15) is 30.0 Å². The molecule has 0 amide bonds. The fraction of sp³-hybridized carbons (Fsp3) is 0.235. The number of hydrogen-bond donors (Lipinski definition) is 0. The Morgan fingerprint density at radius 2 is 1.87 bits per heavy atom. The van der Waals surface area contributed by atoms with Gasteiger partial charge in [0.15, 0.2) is 5.60 Å². The Labute approximate surface area is 162 Å². The van der Waals surface area contributed by atoms with Gasteiger partial charge in [-0.15, -0.1) is 0 Å². The van der Waals surface area contributed by atoms with E-state index >= 15 is 0 Å². The summed E-state index contributed by atoms with van der Waals surface area (Å²) in [6.45, 7) is 1.99. The first kappa shape index (κ1) is 17.3. The van der Waals surface area contributed by atoms with E-state index < -0.39 is 5.60 Å². The van der Waals surface area contributed by atoms with Crippen LogP contribution in [0.4, 0.5) is 0 Å². The molecule has 0 aliphatic carbocycles. The summed E-state index contributed by atoms with van der Waals surface area (Å²) in [4.78, 5) is 5.75. The van der Waals surface area contributed by atoms with Crippen LogP contribution in [0.25, 0.3) is 0 Å². The highest BCUT2D eigenvalue weighted by Crippen LogP contribution is 2.38. The summed E-state index contributed by atoms with van der Waals surface area (Å²) >= 11 is 19.3. The minimum Gasteiger partial charge on any atom is -0.384 e. The molecule has 1 heterocycles. The second-order valence-corrected chi connectivity index (χ2v) is 7.92. The van der Waals surface area contributed by atoms with Crippen molar-refractivity contribution in [3.05, 3.63) is 67.6 Å². The van der Waals surface area contributed by atoms with E-state index in [-0.39, 0.29) is 0 Å². The van der Waals surface area contributed by atoms with Crippen LogP contribution in [0.2, 0.25) is 10.0 Å². The van der Waals surface area contributed by atoms with Gasteiger partial charge < -0.3 is 4.84 Å². The molecule has 0 fully saturated rings. The predicted octanol–water partition coefficient (Wildman–Crippen LogP) is 6.69. The van der Waals surface area contributed by atoms with E-state index in [2.05, 4.69) is 55.2 Å². The molecule has 1 aliphatic rings. The van der Waals surface area contributed by atoms with Gasteiger partial charge in [0, 0.05) is 37.4 Å². The molecular formula is C17H13Br2Cl2NO. The van der Waals surface area contributed by atoms with E-state index in [9.17, 15) is 0 Å². The molecule has 2 nitrogen and oxygen atoms in total. The van der Waals surface area contributed by atoms with Gasteiger partial charge in [0.25, 0.3) is 0 Å². The smallest absolute Gasteiger partial charge is 0.165 e. The Kier molecular flexibility index (Phi) is 5.07. The summed E-state index contributed by atoms with van der Waals surface area (Å²) in [6.07, 6.45) is 0.657. The molecule has 3 rings (SSSR count). The predicted molar refractivity (Wildman–Crippen MR) is 103 cm³/mol. The van der Waals surface area contributed by atoms with E-state index in [1.807, 2.05) is 19.1 Å². The molecule has 1 unspecified atom stereocenters. The number of alkyl halides is 1. The average molecular weight is 478 g/mol. The number of halogens is 4. The first-order chi connectivity index (χ1) is 10.9. The molecule has 0 radical (unpaired) electrons. The first-order valence-electron chi connectivity index (χ1n) is 6.98. The highest BCUT2D eigenvalue weighted by molar-refractivity contribution is 9.10. The van der Waals surface area contributed by atoms with Crippen LogP contribution in [0.3, 0.4) is 0 Å². The van der Waals surface area contributed by atoms with Gasteiger partial charge in [0.05, 0.1) is 5.71 Å². The maximum absolute atomic E-state index is 6.11. The third-order valence-electron chi connectivity index (χ3n) is 3.87. The average Bonchev–Trinajstić information content (AvgIpc) is 2.90. The number of rotatable bonds is 3. The molecule has 0 saturated carbocycles. The molecule has 2 aromatic rings. The van der Waals surface area contributed by atoms with Crippen molar-refractivity contribution in [1.29, 1.82) is 0 Å². The molecule has 23 heavy (non-hydrogen) atoms. The standard InChI is InChI=1S/C17H13Br2Cl2NO/c1-17(12-5-13(20)7-14(21)6-12)8-16(22-23-17)10-2-3-11(9-18)15(19)4-10/h2-7H,8-9H2,1H3. The number of hydrogen-bond acceptors (Lipinski definition) is 2. The van der Waals surface area contributed by atoms with Crippen LogP contribution in [0.15, 0.2) is 46.0 Å². The van der Waals surface area contributed by atoms with E-state index in [0.717, 1.165) is 26.6 Å². The third-order valence-corrected chi connectivity index (χ3v) is 5.64. The minimum atomic E-state index is -0.565. The van der Waals surface area contributed by atoms with Gasteiger partial charge in [-0.2, -0.15) is 0 Å². The Morgan fingerprint density at radius 3 is 2.48 bits per heavy atom. The Bertz CT molecular complexity index is 774. The van der Waals surface area contributed by atoms with Crippen LogP contribution >= 0.6 is 55.1 Å². The molecule has 0 saturated heterocycles. The topological polar surface area (TPSA) is 21.6 Å². The molecule has 0 aromatic heterocycles. The SMILES string of the molecule is CC1(c2cc(Cl)cc(Cl)c2)CC(c2ccc(CBr)c(Br)c2)=NO1. The lowest BCUT2D eigenvalue weighted by atomic mass is 9.89. The fourth-order valence-electron chi connectivity index (χ4n) is 2.54. The zero-order valence-corrected chi connectivity index (χ0v) is 16.9. The lowest BCUT2D eigenvalue weighted by molar-refractivity contribution is -0.00737. The van der Waals surface area contributed by atoms with E-state index in [1.165, 1.54) is 5.56 Å². The third kappa shape index (κ3) is 3.60. The molecule has 1 aliphatic heterocycles. The molecule has 1 atom stereocenters. The van der Waals surface area contributed by atoms with Crippen molar-refractivity contribution in [1.82, 2.24) is 0 Å². The van der Waals surface area contributed by atoms with Gasteiger partial charge in [-0.1, -0.05) is 72.4 Å². The van der Waals surface area contributed by atoms with Gasteiger partial charge in [-0.05, 0) is 36.8 Å². The van der Waals surface area contributed by atoms with Gasteiger partial charge in [0.1, 0.15) is 0 Å². The van der Waals surface area contributed by atoms with Crippen LogP contribution in [-0.4, -0.2) is 5.71 Å². The van der Waals surface area contributed by atoms with Crippen molar-refractivity contribution < 1.29 is 4.84 Å². The summed E-state index contributed by atoms with van der Waals surface area (Å²) in [7, 11) is 0. The molecule has 0 bridgehead atoms. The molecule has 0 N–H and O–H groups in total. The van der Waals surface area contributed by atoms with Crippen LogP contribution in [0.5, 0.6) is 0 Å². The molecule has 120 valence electrons. The lowest BCUT2D eigenvalue weighted by Crippen LogP contribution is -2.22. The normalized spacial score (nSPS) is 20.3. The summed E-state index contributed by atoms with van der Waals surface area (Å²) in [5, 5.41) is 6.28. The van der Waals surface area contributed by atoms with E-state index in [4.69, 9.17) is 28.0 Å². The fourth-order valence-corrected chi connectivity index (χ4v) is 4.45. The van der Waals surface area contributed by atoms with Gasteiger partial charge in [0.2, 0.25) is 0 Å². The van der Waals surface area contributed by atoms with Crippen LogP contribution < -0.4 is 0 Å². The largest absolute Gasteiger partial charge is 0.384 e. The zero-order valence-electron chi connectivity index (χ0n) is 12.2. The maximum atomic E-state index is 6.11. The van der Waals surface area contributed by atoms with Crippen molar-refractivity contribution in [2.24, 2.45) is 5.16 Å². The monoisotopic (exact) mass is 475 g/mol. The van der Waals surface area contributed by atoms with Gasteiger partial charge in [-0.3, -0.25) is 0 Å². The van der Waals surface area contributed by atoms with Crippen molar-refractivity contribution in [3.8, 4) is 0 Å². The van der Waals surface area contributed by atoms with Crippen LogP contribution in [-0.2, 0) is 15.8 Å². The summed E-state index contributed by atoms with van der Waals surface area (Å²) in [5.74, 6) is 0. The second kappa shape index (κ2) is 6.75. The molecule has 0 spiro atoms. The Morgan fingerprint density at radius 1 is 1.17 bits per heavy atom. The van der Waals surface area contributed by atoms with Crippen molar-refractivity contribution in [2.75, 3.05) is 0 Å². The number of oxime groups is 1. The highest BCUT2D eigenvalue weighted by atomic mass is 79.9. The van der Waals surface area contributed by atoms with Crippen molar-refractivity contribution in [2.45, 2.75) is 24.3 Å². The summed E-state index contributed by atoms with van der Waals surface area (Å²) in [6, 6.07) is 11.6. The summed E-state index contributed by atoms with van der Waals surface area (Å²) < 4.78 is 1.05. The van der Waals surface area contributed by atoms with Gasteiger partial charge >= 0.3 is 0 Å². The molecule has 2 aromatic carbocycles. The van der Waals surface area contributed by atoms with Crippen molar-refractivity contribution in [3.63, 3.8) is 0 Å². The quantitative estimate of drug-likeness (QED) is 0.451. The first-order valence-corrected chi connectivity index (χ1v) is 9.65. The highest BCUT2D eigenvalue weighted by Gasteiger charge is 2.37. The number of benzene rings is 2. The molecule has 6 heteroatoms. The maximum Gasteiger partial charge on any atom is 0.165 e. The van der Waals surface area contributed by atoms with E-state index in [0.29, 0.717) is 16.5 Å². The lowest BCUT2D eigenvalue weighted by Gasteiger charge is -2.22. The number of nitrogens with zero attached hydrogens (tertiary/aromatic N) is 1. The Hall–Kier alpha value is -0.550. The second-order valence-electron chi connectivity index (χ2n) is 5.63. The van der Waals surface area contributed by atoms with Crippen LogP contribution in [0, 0.1) is 0 Å². The Balaban J connectivity index is 1.88. The van der Waals surface area contributed by atoms with E-state index in [1.54, 1.807) is 6.07 Å². The minimum absolute atomic E-state index is 0.565. The summed E-state index contributed by atoms with van der Waals surface area (Å²) in [5.41, 5.74) is 3.50.